The number of hydrogen-bond acceptors (Lipinski definition) is 13. The largest absolute Gasteiger partial charge is 0.460 e. The molecule has 1 amide bonds. The Bertz CT molecular complexity index is 1660. The van der Waals surface area contributed by atoms with Gasteiger partial charge in [0.15, 0.2) is 5.78 Å². The maximum atomic E-state index is 14.4. The molecule has 2 bridgehead atoms. The van der Waals surface area contributed by atoms with Crippen LogP contribution in [0.4, 0.5) is 0 Å². The molecule has 0 unspecified atom stereocenters. The van der Waals surface area contributed by atoms with E-state index in [1.165, 1.54) is 12.0 Å². The number of carbonyl (C=O) groups is 5. The van der Waals surface area contributed by atoms with Crippen molar-refractivity contribution >= 4 is 29.2 Å². The van der Waals surface area contributed by atoms with Crippen LogP contribution in [0.15, 0.2) is 23.3 Å². The van der Waals surface area contributed by atoms with Crippen molar-refractivity contribution in [3.63, 3.8) is 0 Å². The molecule has 1 aliphatic carbocycles. The second-order valence-corrected chi connectivity index (χ2v) is 20.3. The Labute approximate surface area is 388 Å². The molecule has 4 rings (SSSR count). The van der Waals surface area contributed by atoms with E-state index in [1.807, 2.05) is 20.8 Å². The molecule has 2 saturated heterocycles. The number of ether oxygens (including phenoxy) is 5. The molecule has 0 spiro atoms. The van der Waals surface area contributed by atoms with E-state index in [2.05, 4.69) is 13.0 Å². The normalized spacial score (nSPS) is 39.1. The van der Waals surface area contributed by atoms with Gasteiger partial charge in [-0.25, -0.2) is 4.79 Å². The number of Topliss-reactive ketones (excluding diaryl/α,β-unsaturated/α-hetero) is 3. The minimum atomic E-state index is -2.40. The molecule has 0 aromatic carbocycles. The van der Waals surface area contributed by atoms with Gasteiger partial charge in [0.05, 0.1) is 24.4 Å². The number of hydrogen-bond donors (Lipinski definition) is 3. The van der Waals surface area contributed by atoms with Crippen molar-refractivity contribution in [2.45, 2.75) is 206 Å². The van der Waals surface area contributed by atoms with E-state index in [1.54, 1.807) is 41.1 Å². The second-order valence-electron chi connectivity index (χ2n) is 20.3. The number of aliphatic hydroxyl groups is 3. The molecule has 4 aliphatic rings. The maximum absolute atomic E-state index is 14.4. The number of aliphatic hydroxyl groups excluding tert-OH is 2. The lowest BCUT2D eigenvalue weighted by molar-refractivity contribution is -0.265. The van der Waals surface area contributed by atoms with Crippen molar-refractivity contribution in [1.29, 1.82) is 0 Å². The summed E-state index contributed by atoms with van der Waals surface area (Å²) >= 11 is 0. The molecule has 1 saturated carbocycles. The molecule has 0 radical (unpaired) electrons. The molecule has 0 aromatic heterocycles. The van der Waals surface area contributed by atoms with Gasteiger partial charge in [-0.2, -0.15) is 0 Å². The third-order valence-electron chi connectivity index (χ3n) is 15.1. The van der Waals surface area contributed by atoms with Crippen LogP contribution in [0, 0.1) is 35.5 Å². The number of nitrogens with zero attached hydrogens (tertiary/aromatic N) is 1. The van der Waals surface area contributed by atoms with Crippen LogP contribution in [0.1, 0.15) is 151 Å². The summed E-state index contributed by atoms with van der Waals surface area (Å²) in [5.74, 6) is -7.47. The van der Waals surface area contributed by atoms with Crippen LogP contribution in [0.3, 0.4) is 0 Å². The van der Waals surface area contributed by atoms with Crippen LogP contribution in [-0.4, -0.2) is 132 Å². The van der Waals surface area contributed by atoms with Crippen molar-refractivity contribution in [2.75, 3.05) is 27.9 Å². The van der Waals surface area contributed by atoms with E-state index in [9.17, 15) is 39.3 Å². The number of methoxy groups -OCH3 is 3. The summed E-state index contributed by atoms with van der Waals surface area (Å²) in [4.78, 5) is 71.9. The zero-order valence-corrected chi connectivity index (χ0v) is 41.1. The number of allylic oxidation sites excluding steroid dienone is 2. The summed E-state index contributed by atoms with van der Waals surface area (Å²) in [6.45, 7) is 13.1. The van der Waals surface area contributed by atoms with Crippen LogP contribution in [0.25, 0.3) is 0 Å². The Morgan fingerprint density at radius 3 is 2.22 bits per heavy atom. The van der Waals surface area contributed by atoms with Gasteiger partial charge in [-0.1, -0.05) is 59.6 Å². The van der Waals surface area contributed by atoms with Gasteiger partial charge in [0.2, 0.25) is 5.79 Å². The highest BCUT2D eigenvalue weighted by atomic mass is 16.6. The van der Waals surface area contributed by atoms with Crippen LogP contribution in [-0.2, 0) is 47.7 Å². The standard InChI is InChI=1S/C51H83NO13/c1-30-16-12-11-13-17-31(2)42(61-8)28-38-21-19-36(7)51(60,65-38)48(57)49(58)52-23-15-14-18-39(52)50(59)64-43(33(4)26-37-20-22-40(53)44(27-37)62-9)29-41(54)32(3)25-35(6)46(56)47(63-10)45(55)34(5)24-30/h17,25,30,32-34,36-40,42-44,46-47,53,56,60H,11-16,18-24,26-29H2,1-10H3/b31-17?,35-25+/t30-,32-,33-,34-,36-,37+,38+,39+,40+,42+,43+,44-,46-,47+,51-/m1/s1. The number of ketones is 3. The second kappa shape index (κ2) is 25.5. The molecular formula is C51H83NO13. The third-order valence-corrected chi connectivity index (χ3v) is 15.1. The molecule has 14 heteroatoms. The first-order valence-electron chi connectivity index (χ1n) is 24.6. The van der Waals surface area contributed by atoms with Crippen molar-refractivity contribution in [2.24, 2.45) is 35.5 Å². The van der Waals surface area contributed by atoms with Crippen LogP contribution < -0.4 is 0 Å². The molecule has 3 fully saturated rings. The van der Waals surface area contributed by atoms with Crippen LogP contribution >= 0.6 is 0 Å². The molecule has 14 nitrogen and oxygen atoms in total. The van der Waals surface area contributed by atoms with Gasteiger partial charge in [0, 0.05) is 58.5 Å². The Kier molecular flexibility index (Phi) is 21.5. The van der Waals surface area contributed by atoms with Crippen LogP contribution in [0.5, 0.6) is 0 Å². The fraction of sp³-hybridized carbons (Fsp3) is 0.824. The van der Waals surface area contributed by atoms with Crippen molar-refractivity contribution in [3.8, 4) is 0 Å². The predicted octanol–water partition coefficient (Wildman–Crippen LogP) is 6.63. The smallest absolute Gasteiger partial charge is 0.329 e. The fourth-order valence-corrected chi connectivity index (χ4v) is 10.7. The van der Waals surface area contributed by atoms with Gasteiger partial charge < -0.3 is 43.9 Å². The van der Waals surface area contributed by atoms with Gasteiger partial charge >= 0.3 is 5.97 Å². The number of fused-ring (bicyclic) bond motifs is 3. The van der Waals surface area contributed by atoms with Crippen LogP contribution in [0.2, 0.25) is 0 Å². The first-order valence-corrected chi connectivity index (χ1v) is 24.6. The monoisotopic (exact) mass is 918 g/mol. The van der Waals surface area contributed by atoms with Gasteiger partial charge in [-0.3, -0.25) is 19.2 Å². The first kappa shape index (κ1) is 54.8. The summed E-state index contributed by atoms with van der Waals surface area (Å²) in [5, 5.41) is 33.9. The topological polar surface area (TPSA) is 195 Å². The molecule has 3 heterocycles. The Balaban J connectivity index is 1.67. The third kappa shape index (κ3) is 14.6. The molecule has 15 atom stereocenters. The van der Waals surface area contributed by atoms with Crippen molar-refractivity contribution in [1.82, 2.24) is 4.90 Å². The van der Waals surface area contributed by atoms with E-state index < -0.39 is 71.8 Å². The molecule has 3 aliphatic heterocycles. The number of esters is 1. The Morgan fingerprint density at radius 1 is 0.831 bits per heavy atom. The van der Waals surface area contributed by atoms with Crippen molar-refractivity contribution in [3.05, 3.63) is 23.3 Å². The summed E-state index contributed by atoms with van der Waals surface area (Å²) in [7, 11) is 4.59. The zero-order valence-electron chi connectivity index (χ0n) is 41.1. The maximum Gasteiger partial charge on any atom is 0.329 e. The van der Waals surface area contributed by atoms with E-state index in [4.69, 9.17) is 23.7 Å². The quantitative estimate of drug-likeness (QED) is 0.146. The van der Waals surface area contributed by atoms with E-state index >= 15 is 0 Å². The SMILES string of the molecule is CO[C@H]1C[C@@H]2CC[C@@H](C)[C@@](O)(O2)C(=O)C(=O)N2CCCC[C@H]2C(=O)O[C@H]([C@H](C)C[C@@H]2CC[C@H](O)[C@H](OC)C2)CC(=O)[C@H](C)/C=C(\C)[C@@H](O)[C@@H](OC)C(=O)[C@H](C)C[C@H](C)CCCCC=C1C. The highest BCUT2D eigenvalue weighted by Crippen LogP contribution is 2.38. The summed E-state index contributed by atoms with van der Waals surface area (Å²) in [5.41, 5.74) is 1.41. The van der Waals surface area contributed by atoms with E-state index in [0.717, 1.165) is 37.7 Å². The summed E-state index contributed by atoms with van der Waals surface area (Å²) in [6.07, 6.45) is 7.89. The molecule has 3 N–H and O–H groups in total. The van der Waals surface area contributed by atoms with Gasteiger partial charge in [-0.05, 0) is 120 Å². The number of rotatable bonds is 6. The highest BCUT2D eigenvalue weighted by Gasteiger charge is 2.53. The number of carbonyl (C=O) groups excluding carboxylic acids is 5. The minimum Gasteiger partial charge on any atom is -0.460 e. The molecule has 0 aromatic rings. The predicted molar refractivity (Wildman–Crippen MR) is 245 cm³/mol. The highest BCUT2D eigenvalue weighted by molar-refractivity contribution is 6.39. The molecule has 370 valence electrons. The van der Waals surface area contributed by atoms with E-state index in [-0.39, 0.29) is 66.8 Å². The number of amides is 1. The molecule has 65 heavy (non-hydrogen) atoms. The summed E-state index contributed by atoms with van der Waals surface area (Å²) < 4.78 is 29.5. The number of cyclic esters (lactones) is 1. The van der Waals surface area contributed by atoms with Crippen molar-refractivity contribution < 1.29 is 63.0 Å². The summed E-state index contributed by atoms with van der Waals surface area (Å²) in [6, 6.07) is -1.13. The van der Waals surface area contributed by atoms with Gasteiger partial charge in [0.25, 0.3) is 11.7 Å². The van der Waals surface area contributed by atoms with Gasteiger partial charge in [-0.15, -0.1) is 0 Å². The average Bonchev–Trinajstić information content (AvgIpc) is 3.28. The Hall–Kier alpha value is -2.85. The zero-order chi connectivity index (χ0) is 48.2. The molecular weight excluding hydrogens is 835 g/mol. The lowest BCUT2D eigenvalue weighted by Gasteiger charge is -2.42. The first-order chi connectivity index (χ1) is 30.7. The average molecular weight is 918 g/mol. The lowest BCUT2D eigenvalue weighted by atomic mass is 9.78. The van der Waals surface area contributed by atoms with E-state index in [0.29, 0.717) is 63.4 Å². The number of piperidine rings is 1. The lowest BCUT2D eigenvalue weighted by Crippen LogP contribution is -2.61. The van der Waals surface area contributed by atoms with Gasteiger partial charge in [0.1, 0.15) is 30.1 Å². The fourth-order valence-electron chi connectivity index (χ4n) is 10.7. The minimum absolute atomic E-state index is 0.0992. The Morgan fingerprint density at radius 2 is 1.54 bits per heavy atom.